The van der Waals surface area contributed by atoms with Gasteiger partial charge in [0.25, 0.3) is 0 Å². The number of amides is 5. The van der Waals surface area contributed by atoms with Gasteiger partial charge in [0.15, 0.2) is 0 Å². The molecule has 34 heavy (non-hydrogen) atoms. The van der Waals surface area contributed by atoms with Gasteiger partial charge in [-0.3, -0.25) is 28.8 Å². The second-order valence-corrected chi connectivity index (χ2v) is 7.91. The standard InChI is InChI=1S/C19H32N6O9/c1-8(2)15(25-16(30)9(20)3-6-14(28)29)18(32)23-10(4-5-12(21)26)17(31)24-11(19(33)34)7-13(22)27/h8-11,15H,3-7,20H2,1-2H3,(H2,21,26)(H2,22,27)(H,23,32)(H,24,31)(H,25,30)(H,28,29)(H,33,34). The fourth-order valence-electron chi connectivity index (χ4n) is 2.70. The van der Waals surface area contributed by atoms with Gasteiger partial charge in [0.2, 0.25) is 29.5 Å². The normalized spacial score (nSPS) is 14.2. The van der Waals surface area contributed by atoms with E-state index in [-0.39, 0.29) is 25.7 Å². The fourth-order valence-corrected chi connectivity index (χ4v) is 2.70. The highest BCUT2D eigenvalue weighted by molar-refractivity contribution is 5.95. The van der Waals surface area contributed by atoms with Gasteiger partial charge in [-0.15, -0.1) is 0 Å². The lowest BCUT2D eigenvalue weighted by Crippen LogP contribution is -2.58. The van der Waals surface area contributed by atoms with Gasteiger partial charge in [0.1, 0.15) is 18.1 Å². The number of nitrogens with one attached hydrogen (secondary N) is 3. The Labute approximate surface area is 195 Å². The van der Waals surface area contributed by atoms with Gasteiger partial charge in [-0.2, -0.15) is 0 Å². The Morgan fingerprint density at radius 1 is 0.735 bits per heavy atom. The lowest BCUT2D eigenvalue weighted by Gasteiger charge is -2.26. The van der Waals surface area contributed by atoms with Crippen LogP contribution in [0.3, 0.4) is 0 Å². The summed E-state index contributed by atoms with van der Waals surface area (Å²) >= 11 is 0. The summed E-state index contributed by atoms with van der Waals surface area (Å²) in [4.78, 5) is 81.9. The molecule has 0 spiro atoms. The third-order valence-corrected chi connectivity index (χ3v) is 4.59. The number of carbonyl (C=O) groups excluding carboxylic acids is 5. The highest BCUT2D eigenvalue weighted by atomic mass is 16.4. The lowest BCUT2D eigenvalue weighted by atomic mass is 10.0. The molecule has 0 aliphatic carbocycles. The molecule has 0 aliphatic rings. The summed E-state index contributed by atoms with van der Waals surface area (Å²) in [5.41, 5.74) is 15.7. The SMILES string of the molecule is CC(C)C(NC(=O)C(N)CCC(=O)O)C(=O)NC(CCC(N)=O)C(=O)NC(CC(N)=O)C(=O)O. The first-order valence-corrected chi connectivity index (χ1v) is 10.3. The van der Waals surface area contributed by atoms with Crippen molar-refractivity contribution in [1.29, 1.82) is 0 Å². The fraction of sp³-hybridized carbons (Fsp3) is 0.632. The Morgan fingerprint density at radius 3 is 1.74 bits per heavy atom. The molecular formula is C19H32N6O9. The van der Waals surface area contributed by atoms with Crippen molar-refractivity contribution in [1.82, 2.24) is 16.0 Å². The number of carbonyl (C=O) groups is 7. The molecule has 11 N–H and O–H groups in total. The molecule has 0 aromatic carbocycles. The maximum absolute atomic E-state index is 12.8. The summed E-state index contributed by atoms with van der Waals surface area (Å²) in [7, 11) is 0. The number of aliphatic carboxylic acids is 2. The van der Waals surface area contributed by atoms with Crippen molar-refractivity contribution >= 4 is 41.5 Å². The highest BCUT2D eigenvalue weighted by Crippen LogP contribution is 2.07. The van der Waals surface area contributed by atoms with E-state index in [4.69, 9.17) is 27.4 Å². The van der Waals surface area contributed by atoms with Gasteiger partial charge in [0.05, 0.1) is 12.5 Å². The molecule has 15 nitrogen and oxygen atoms in total. The van der Waals surface area contributed by atoms with Crippen LogP contribution >= 0.6 is 0 Å². The molecule has 0 aromatic rings. The van der Waals surface area contributed by atoms with Crippen LogP contribution in [0.15, 0.2) is 0 Å². The lowest BCUT2D eigenvalue weighted by molar-refractivity contribution is -0.144. The second-order valence-electron chi connectivity index (χ2n) is 7.91. The molecule has 0 heterocycles. The van der Waals surface area contributed by atoms with Gasteiger partial charge in [-0.1, -0.05) is 13.8 Å². The average molecular weight is 488 g/mol. The number of carboxylic acids is 2. The van der Waals surface area contributed by atoms with Crippen molar-refractivity contribution in [2.45, 2.75) is 70.1 Å². The Kier molecular flexibility index (Phi) is 12.8. The van der Waals surface area contributed by atoms with E-state index in [0.29, 0.717) is 0 Å². The van der Waals surface area contributed by atoms with Gasteiger partial charge in [0, 0.05) is 12.8 Å². The predicted octanol–water partition coefficient (Wildman–Crippen LogP) is -3.49. The molecule has 15 heteroatoms. The number of primary amides is 2. The van der Waals surface area contributed by atoms with E-state index in [0.717, 1.165) is 0 Å². The third-order valence-electron chi connectivity index (χ3n) is 4.59. The summed E-state index contributed by atoms with van der Waals surface area (Å²) in [5, 5.41) is 24.6. The summed E-state index contributed by atoms with van der Waals surface area (Å²) < 4.78 is 0. The molecule has 4 atom stereocenters. The third kappa shape index (κ3) is 11.8. The van der Waals surface area contributed by atoms with Gasteiger partial charge >= 0.3 is 11.9 Å². The molecule has 0 saturated heterocycles. The Hall–Kier alpha value is -3.75. The van der Waals surface area contributed by atoms with Crippen molar-refractivity contribution in [2.75, 3.05) is 0 Å². The summed E-state index contributed by atoms with van der Waals surface area (Å²) in [6, 6.07) is -5.52. The van der Waals surface area contributed by atoms with Crippen LogP contribution < -0.4 is 33.2 Å². The smallest absolute Gasteiger partial charge is 0.326 e. The van der Waals surface area contributed by atoms with Crippen LogP contribution in [0, 0.1) is 5.92 Å². The van der Waals surface area contributed by atoms with Crippen molar-refractivity contribution in [3.63, 3.8) is 0 Å². The molecule has 0 aromatic heterocycles. The second kappa shape index (κ2) is 14.4. The summed E-state index contributed by atoms with van der Waals surface area (Å²) in [6.45, 7) is 3.16. The zero-order chi connectivity index (χ0) is 26.6. The minimum absolute atomic E-state index is 0.173. The molecule has 5 amide bonds. The molecule has 0 radical (unpaired) electrons. The van der Waals surface area contributed by atoms with Gasteiger partial charge < -0.3 is 43.4 Å². The minimum atomic E-state index is -1.68. The molecule has 0 fully saturated rings. The number of hydrogen-bond donors (Lipinski definition) is 8. The zero-order valence-electron chi connectivity index (χ0n) is 18.9. The van der Waals surface area contributed by atoms with Crippen molar-refractivity contribution in [3.8, 4) is 0 Å². The van der Waals surface area contributed by atoms with Gasteiger partial charge in [-0.05, 0) is 18.8 Å². The van der Waals surface area contributed by atoms with Crippen LogP contribution in [-0.4, -0.2) is 75.9 Å². The van der Waals surface area contributed by atoms with Crippen LogP contribution in [0.1, 0.15) is 46.0 Å². The molecule has 192 valence electrons. The topological polar surface area (TPSA) is 274 Å². The van der Waals surface area contributed by atoms with E-state index >= 15 is 0 Å². The van der Waals surface area contributed by atoms with Crippen molar-refractivity contribution in [2.24, 2.45) is 23.1 Å². The van der Waals surface area contributed by atoms with Gasteiger partial charge in [-0.25, -0.2) is 4.79 Å². The summed E-state index contributed by atoms with van der Waals surface area (Å²) in [6.07, 6.45) is -1.89. The van der Waals surface area contributed by atoms with E-state index in [9.17, 15) is 33.6 Å². The van der Waals surface area contributed by atoms with E-state index in [1.54, 1.807) is 13.8 Å². The first-order valence-electron chi connectivity index (χ1n) is 10.3. The predicted molar refractivity (Wildman–Crippen MR) is 115 cm³/mol. The van der Waals surface area contributed by atoms with E-state index in [2.05, 4.69) is 16.0 Å². The number of nitrogens with two attached hydrogens (primary N) is 3. The first kappa shape index (κ1) is 30.2. The molecule has 0 aliphatic heterocycles. The Bertz CT molecular complexity index is 801. The molecule has 4 unspecified atom stereocenters. The number of carboxylic acid groups (broad SMARTS) is 2. The largest absolute Gasteiger partial charge is 0.481 e. The van der Waals surface area contributed by atoms with Crippen LogP contribution in [0.4, 0.5) is 0 Å². The molecule has 0 saturated carbocycles. The van der Waals surface area contributed by atoms with Crippen LogP contribution in [0.5, 0.6) is 0 Å². The first-order chi connectivity index (χ1) is 15.6. The molecule has 0 rings (SSSR count). The monoisotopic (exact) mass is 488 g/mol. The Morgan fingerprint density at radius 2 is 1.29 bits per heavy atom. The quantitative estimate of drug-likeness (QED) is 0.106. The van der Waals surface area contributed by atoms with Crippen molar-refractivity contribution in [3.05, 3.63) is 0 Å². The van der Waals surface area contributed by atoms with Crippen LogP contribution in [0.2, 0.25) is 0 Å². The maximum atomic E-state index is 12.8. The Balaban J connectivity index is 5.49. The van der Waals surface area contributed by atoms with E-state index in [1.807, 2.05) is 0 Å². The summed E-state index contributed by atoms with van der Waals surface area (Å²) in [5.74, 6) is -7.65. The van der Waals surface area contributed by atoms with Crippen LogP contribution in [0.25, 0.3) is 0 Å². The zero-order valence-corrected chi connectivity index (χ0v) is 18.9. The van der Waals surface area contributed by atoms with Crippen molar-refractivity contribution < 1.29 is 43.8 Å². The maximum Gasteiger partial charge on any atom is 0.326 e. The number of rotatable bonds is 16. The van der Waals surface area contributed by atoms with E-state index < -0.39 is 78.0 Å². The minimum Gasteiger partial charge on any atom is -0.481 e. The molecule has 0 bridgehead atoms. The molecular weight excluding hydrogens is 456 g/mol. The van der Waals surface area contributed by atoms with Crippen LogP contribution in [-0.2, 0) is 33.6 Å². The highest BCUT2D eigenvalue weighted by Gasteiger charge is 2.32. The number of hydrogen-bond acceptors (Lipinski definition) is 8. The average Bonchev–Trinajstić information content (AvgIpc) is 2.71. The van der Waals surface area contributed by atoms with E-state index in [1.165, 1.54) is 0 Å².